The lowest BCUT2D eigenvalue weighted by Gasteiger charge is -2.15. The first-order valence-corrected chi connectivity index (χ1v) is 6.99. The lowest BCUT2D eigenvalue weighted by atomic mass is 10.1. The molecule has 108 valence electrons. The molecular weight excluding hydrogens is 290 g/mol. The number of rotatable bonds is 3. The van der Waals surface area contributed by atoms with Gasteiger partial charge in [-0.3, -0.25) is 10.1 Å². The lowest BCUT2D eigenvalue weighted by molar-refractivity contribution is -0.384. The monoisotopic (exact) mass is 303 g/mol. The Bertz CT molecular complexity index is 705. The summed E-state index contributed by atoms with van der Waals surface area (Å²) in [5, 5.41) is 14.2. The maximum atomic E-state index is 10.8. The van der Waals surface area contributed by atoms with E-state index in [1.54, 1.807) is 12.1 Å². The number of halogens is 1. The highest BCUT2D eigenvalue weighted by Crippen LogP contribution is 2.39. The SMILES string of the molecule is NC1CC(Nc2ccc([N+](=O)[O-])c(Cl)c2)c2ccccc21. The van der Waals surface area contributed by atoms with E-state index in [0.29, 0.717) is 0 Å². The molecule has 21 heavy (non-hydrogen) atoms. The average molecular weight is 304 g/mol. The van der Waals surface area contributed by atoms with Crippen molar-refractivity contribution >= 4 is 23.0 Å². The van der Waals surface area contributed by atoms with Crippen molar-refractivity contribution in [3.05, 3.63) is 68.7 Å². The quantitative estimate of drug-likeness (QED) is 0.667. The second kappa shape index (κ2) is 5.35. The fraction of sp³-hybridized carbons (Fsp3) is 0.200. The van der Waals surface area contributed by atoms with Gasteiger partial charge in [-0.25, -0.2) is 0 Å². The normalized spacial score (nSPS) is 20.1. The molecule has 0 aromatic heterocycles. The molecule has 0 spiro atoms. The summed E-state index contributed by atoms with van der Waals surface area (Å²) in [4.78, 5) is 10.3. The molecule has 0 heterocycles. The molecule has 0 saturated carbocycles. The molecular formula is C15H14ClN3O2. The van der Waals surface area contributed by atoms with Crippen LogP contribution in [0.25, 0.3) is 0 Å². The third kappa shape index (κ3) is 2.57. The number of nitro benzene ring substituents is 1. The maximum Gasteiger partial charge on any atom is 0.288 e. The summed E-state index contributed by atoms with van der Waals surface area (Å²) in [6, 6.07) is 12.8. The van der Waals surface area contributed by atoms with E-state index in [1.165, 1.54) is 11.6 Å². The molecule has 2 unspecified atom stereocenters. The standard InChI is InChI=1S/C15H14ClN3O2/c16-12-7-9(5-6-15(12)19(20)21)18-14-8-13(17)10-3-1-2-4-11(10)14/h1-7,13-14,18H,8,17H2. The second-order valence-corrected chi connectivity index (χ2v) is 5.50. The Balaban J connectivity index is 1.85. The molecule has 0 amide bonds. The summed E-state index contributed by atoms with van der Waals surface area (Å²) >= 11 is 5.93. The third-order valence-electron chi connectivity index (χ3n) is 3.75. The molecule has 1 aliphatic carbocycles. The van der Waals surface area contributed by atoms with Gasteiger partial charge in [-0.05, 0) is 29.7 Å². The fourth-order valence-corrected chi connectivity index (χ4v) is 3.01. The number of nitrogens with zero attached hydrogens (tertiary/aromatic N) is 1. The van der Waals surface area contributed by atoms with Crippen molar-refractivity contribution in [2.24, 2.45) is 5.73 Å². The second-order valence-electron chi connectivity index (χ2n) is 5.09. The summed E-state index contributed by atoms with van der Waals surface area (Å²) in [5.74, 6) is 0. The fourth-order valence-electron chi connectivity index (χ4n) is 2.76. The van der Waals surface area contributed by atoms with Crippen LogP contribution in [0.15, 0.2) is 42.5 Å². The molecule has 2 aromatic rings. The molecule has 2 atom stereocenters. The molecule has 0 radical (unpaired) electrons. The van der Waals surface area contributed by atoms with Gasteiger partial charge in [0.1, 0.15) is 5.02 Å². The Morgan fingerprint density at radius 2 is 1.95 bits per heavy atom. The van der Waals surface area contributed by atoms with Crippen LogP contribution in [0.5, 0.6) is 0 Å². The molecule has 0 saturated heterocycles. The van der Waals surface area contributed by atoms with Gasteiger partial charge in [-0.1, -0.05) is 35.9 Å². The van der Waals surface area contributed by atoms with Crippen molar-refractivity contribution in [2.45, 2.75) is 18.5 Å². The van der Waals surface area contributed by atoms with Gasteiger partial charge in [0, 0.05) is 17.8 Å². The Kier molecular flexibility index (Phi) is 3.53. The first-order valence-electron chi connectivity index (χ1n) is 6.61. The van der Waals surface area contributed by atoms with Crippen LogP contribution >= 0.6 is 11.6 Å². The smallest absolute Gasteiger partial charge is 0.288 e. The van der Waals surface area contributed by atoms with E-state index in [2.05, 4.69) is 5.32 Å². The predicted octanol–water partition coefficient (Wildman–Crippen LogP) is 3.80. The first-order chi connectivity index (χ1) is 10.1. The zero-order valence-corrected chi connectivity index (χ0v) is 11.9. The molecule has 0 bridgehead atoms. The van der Waals surface area contributed by atoms with Crippen molar-refractivity contribution in [1.29, 1.82) is 0 Å². The van der Waals surface area contributed by atoms with Crippen molar-refractivity contribution in [2.75, 3.05) is 5.32 Å². The molecule has 3 N–H and O–H groups in total. The van der Waals surface area contributed by atoms with Crippen molar-refractivity contribution < 1.29 is 4.92 Å². The van der Waals surface area contributed by atoms with Crippen LogP contribution in [0, 0.1) is 10.1 Å². The van der Waals surface area contributed by atoms with E-state index in [0.717, 1.165) is 17.7 Å². The first kappa shape index (κ1) is 13.9. The van der Waals surface area contributed by atoms with Crippen LogP contribution in [-0.4, -0.2) is 4.92 Å². The van der Waals surface area contributed by atoms with E-state index in [1.807, 2.05) is 24.3 Å². The van der Waals surface area contributed by atoms with Crippen molar-refractivity contribution in [1.82, 2.24) is 0 Å². The predicted molar refractivity (Wildman–Crippen MR) is 82.5 cm³/mol. The Hall–Kier alpha value is -2.11. The zero-order chi connectivity index (χ0) is 15.0. The molecule has 1 aliphatic rings. The van der Waals surface area contributed by atoms with Gasteiger partial charge in [0.15, 0.2) is 0 Å². The number of fused-ring (bicyclic) bond motifs is 1. The molecule has 6 heteroatoms. The van der Waals surface area contributed by atoms with Crippen LogP contribution < -0.4 is 11.1 Å². The van der Waals surface area contributed by atoms with Gasteiger partial charge < -0.3 is 11.1 Å². The number of benzene rings is 2. The van der Waals surface area contributed by atoms with E-state index in [9.17, 15) is 10.1 Å². The minimum atomic E-state index is -0.493. The van der Waals surface area contributed by atoms with Crippen LogP contribution in [0.2, 0.25) is 5.02 Å². The van der Waals surface area contributed by atoms with E-state index in [-0.39, 0.29) is 22.8 Å². The highest BCUT2D eigenvalue weighted by atomic mass is 35.5. The van der Waals surface area contributed by atoms with Gasteiger partial charge in [-0.15, -0.1) is 0 Å². The molecule has 5 nitrogen and oxygen atoms in total. The number of nitrogens with two attached hydrogens (primary N) is 1. The average Bonchev–Trinajstić information content (AvgIpc) is 2.76. The van der Waals surface area contributed by atoms with Crippen molar-refractivity contribution in [3.63, 3.8) is 0 Å². The maximum absolute atomic E-state index is 10.8. The summed E-state index contributed by atoms with van der Waals surface area (Å²) in [6.45, 7) is 0. The van der Waals surface area contributed by atoms with Gasteiger partial charge >= 0.3 is 0 Å². The molecule has 0 aliphatic heterocycles. The van der Waals surface area contributed by atoms with Crippen LogP contribution in [0.1, 0.15) is 29.6 Å². The number of hydrogen-bond donors (Lipinski definition) is 2. The highest BCUT2D eigenvalue weighted by Gasteiger charge is 2.28. The number of anilines is 1. The Morgan fingerprint density at radius 3 is 2.62 bits per heavy atom. The summed E-state index contributed by atoms with van der Waals surface area (Å²) in [5.41, 5.74) is 9.09. The number of nitrogens with one attached hydrogen (secondary N) is 1. The third-order valence-corrected chi connectivity index (χ3v) is 4.05. The van der Waals surface area contributed by atoms with Gasteiger partial charge in [0.25, 0.3) is 5.69 Å². The summed E-state index contributed by atoms with van der Waals surface area (Å²) in [7, 11) is 0. The summed E-state index contributed by atoms with van der Waals surface area (Å²) in [6.07, 6.45) is 0.786. The van der Waals surface area contributed by atoms with Crippen molar-refractivity contribution in [3.8, 4) is 0 Å². The van der Waals surface area contributed by atoms with E-state index < -0.39 is 4.92 Å². The number of nitro groups is 1. The van der Waals surface area contributed by atoms with Gasteiger partial charge in [0.05, 0.1) is 11.0 Å². The minimum absolute atomic E-state index is 0.00669. The zero-order valence-electron chi connectivity index (χ0n) is 11.1. The van der Waals surface area contributed by atoms with Crippen LogP contribution in [0.3, 0.4) is 0 Å². The lowest BCUT2D eigenvalue weighted by Crippen LogP contribution is -2.10. The molecule has 2 aromatic carbocycles. The molecule has 3 rings (SSSR count). The Labute approximate surface area is 126 Å². The Morgan fingerprint density at radius 1 is 1.24 bits per heavy atom. The van der Waals surface area contributed by atoms with Gasteiger partial charge in [-0.2, -0.15) is 0 Å². The molecule has 0 fully saturated rings. The number of hydrogen-bond acceptors (Lipinski definition) is 4. The van der Waals surface area contributed by atoms with E-state index in [4.69, 9.17) is 17.3 Å². The van der Waals surface area contributed by atoms with Crippen LogP contribution in [0.4, 0.5) is 11.4 Å². The van der Waals surface area contributed by atoms with Crippen LogP contribution in [-0.2, 0) is 0 Å². The minimum Gasteiger partial charge on any atom is -0.378 e. The topological polar surface area (TPSA) is 81.2 Å². The van der Waals surface area contributed by atoms with E-state index >= 15 is 0 Å². The van der Waals surface area contributed by atoms with Gasteiger partial charge in [0.2, 0.25) is 0 Å². The summed E-state index contributed by atoms with van der Waals surface area (Å²) < 4.78 is 0. The largest absolute Gasteiger partial charge is 0.378 e. The highest BCUT2D eigenvalue weighted by molar-refractivity contribution is 6.32.